The van der Waals surface area contributed by atoms with Gasteiger partial charge in [0.05, 0.1) is 12.8 Å². The van der Waals surface area contributed by atoms with Gasteiger partial charge in [-0.3, -0.25) is 0 Å². The van der Waals surface area contributed by atoms with Crippen LogP contribution in [0.15, 0.2) is 57.4 Å². The number of amidine groups is 3. The van der Waals surface area contributed by atoms with Gasteiger partial charge in [-0.25, -0.2) is 15.0 Å². The lowest BCUT2D eigenvalue weighted by Crippen LogP contribution is -2.43. The van der Waals surface area contributed by atoms with Crippen LogP contribution in [0, 0.1) is 13.8 Å². The van der Waals surface area contributed by atoms with Crippen molar-refractivity contribution in [3.05, 3.63) is 59.2 Å². The molecule has 0 spiro atoms. The van der Waals surface area contributed by atoms with Crippen molar-refractivity contribution < 1.29 is 4.74 Å². The summed E-state index contributed by atoms with van der Waals surface area (Å²) in [7, 11) is 1.65. The minimum absolute atomic E-state index is 0.145. The van der Waals surface area contributed by atoms with Gasteiger partial charge in [0.25, 0.3) is 0 Å². The molecule has 5 heteroatoms. The number of methoxy groups -OCH3 is 1. The number of nitrogens with zero attached hydrogens (tertiary/aromatic N) is 3. The molecule has 1 heterocycles. The number of hydrogen-bond acceptors (Lipinski definition) is 4. The largest absolute Gasteiger partial charge is 0.497 e. The first-order valence-corrected chi connectivity index (χ1v) is 9.01. The second-order valence-electron chi connectivity index (χ2n) is 7.70. The van der Waals surface area contributed by atoms with Crippen molar-refractivity contribution in [1.82, 2.24) is 5.32 Å². The third-order valence-corrected chi connectivity index (χ3v) is 4.21. The van der Waals surface area contributed by atoms with E-state index in [9.17, 15) is 0 Å². The zero-order chi connectivity index (χ0) is 19.6. The molecule has 0 aliphatic carbocycles. The SMILES string of the molecule is COc1ccc(/N=C2\N=C(c3ccc(C)c(C)c3)N=C2NC(C)(C)C)cc1. The average Bonchev–Trinajstić information content (AvgIpc) is 2.98. The Labute approximate surface area is 160 Å². The molecule has 0 saturated carbocycles. The molecule has 27 heavy (non-hydrogen) atoms. The summed E-state index contributed by atoms with van der Waals surface area (Å²) in [6.07, 6.45) is 0. The van der Waals surface area contributed by atoms with E-state index in [-0.39, 0.29) is 5.54 Å². The molecular weight excluding hydrogens is 336 g/mol. The molecule has 3 rings (SSSR count). The number of hydrogen-bond donors (Lipinski definition) is 1. The Bertz CT molecular complexity index is 932. The number of rotatable bonds is 3. The highest BCUT2D eigenvalue weighted by Crippen LogP contribution is 2.20. The highest BCUT2D eigenvalue weighted by atomic mass is 16.5. The number of ether oxygens (including phenoxy) is 1. The molecule has 0 atom stereocenters. The van der Waals surface area contributed by atoms with Crippen molar-refractivity contribution in [2.75, 3.05) is 7.11 Å². The standard InChI is InChI=1S/C22H26N4O/c1-14-7-8-16(13-15(14)2)19-24-20(21(25-19)26-22(3,4)5)23-17-9-11-18(27-6)12-10-17/h7-13H,1-6H3,(H,23,24,25,26). The van der Waals surface area contributed by atoms with Crippen LogP contribution in [0.4, 0.5) is 5.69 Å². The van der Waals surface area contributed by atoms with Gasteiger partial charge in [-0.15, -0.1) is 0 Å². The maximum Gasteiger partial charge on any atom is 0.198 e. The van der Waals surface area contributed by atoms with Gasteiger partial charge in [-0.2, -0.15) is 0 Å². The molecule has 0 fully saturated rings. The minimum Gasteiger partial charge on any atom is -0.497 e. The fraction of sp³-hybridized carbons (Fsp3) is 0.318. The van der Waals surface area contributed by atoms with Gasteiger partial charge in [0, 0.05) is 11.1 Å². The van der Waals surface area contributed by atoms with Gasteiger partial charge in [-0.05, 0) is 76.1 Å². The molecule has 140 valence electrons. The third-order valence-electron chi connectivity index (χ3n) is 4.21. The minimum atomic E-state index is -0.145. The first-order valence-electron chi connectivity index (χ1n) is 9.01. The van der Waals surface area contributed by atoms with E-state index in [1.165, 1.54) is 11.1 Å². The predicted molar refractivity (Wildman–Crippen MR) is 113 cm³/mol. The van der Waals surface area contributed by atoms with Crippen molar-refractivity contribution in [2.24, 2.45) is 15.0 Å². The van der Waals surface area contributed by atoms with E-state index in [1.54, 1.807) is 7.11 Å². The van der Waals surface area contributed by atoms with Crippen LogP contribution in [0.25, 0.3) is 0 Å². The summed E-state index contributed by atoms with van der Waals surface area (Å²) in [5.41, 5.74) is 4.12. The predicted octanol–water partition coefficient (Wildman–Crippen LogP) is 4.59. The highest BCUT2D eigenvalue weighted by molar-refractivity contribution is 6.48. The zero-order valence-corrected chi connectivity index (χ0v) is 16.8. The van der Waals surface area contributed by atoms with Gasteiger partial charge in [0.1, 0.15) is 5.75 Å². The number of aryl methyl sites for hydroxylation is 2. The van der Waals surface area contributed by atoms with E-state index >= 15 is 0 Å². The molecule has 0 amide bonds. The second kappa shape index (κ2) is 7.35. The van der Waals surface area contributed by atoms with Crippen LogP contribution >= 0.6 is 0 Å². The maximum absolute atomic E-state index is 5.21. The lowest BCUT2D eigenvalue weighted by molar-refractivity contribution is 0.415. The van der Waals surface area contributed by atoms with Crippen molar-refractivity contribution >= 4 is 23.2 Å². The van der Waals surface area contributed by atoms with E-state index in [2.05, 4.69) is 58.1 Å². The third kappa shape index (κ3) is 4.61. The monoisotopic (exact) mass is 362 g/mol. The van der Waals surface area contributed by atoms with Crippen LogP contribution in [0.2, 0.25) is 0 Å². The van der Waals surface area contributed by atoms with E-state index in [0.29, 0.717) is 17.5 Å². The molecule has 0 unspecified atom stereocenters. The van der Waals surface area contributed by atoms with Crippen LogP contribution in [-0.2, 0) is 0 Å². The van der Waals surface area contributed by atoms with Gasteiger partial charge in [0.2, 0.25) is 0 Å². The topological polar surface area (TPSA) is 58.3 Å². The Kier molecular flexibility index (Phi) is 5.13. The number of nitrogens with one attached hydrogen (secondary N) is 1. The number of aliphatic imine (C=N–C) groups is 3. The summed E-state index contributed by atoms with van der Waals surface area (Å²) >= 11 is 0. The molecule has 0 radical (unpaired) electrons. The molecule has 1 aliphatic heterocycles. The summed E-state index contributed by atoms with van der Waals surface area (Å²) in [6, 6.07) is 13.8. The molecule has 5 nitrogen and oxygen atoms in total. The van der Waals surface area contributed by atoms with Crippen molar-refractivity contribution in [3.63, 3.8) is 0 Å². The Morgan fingerprint density at radius 1 is 0.926 bits per heavy atom. The van der Waals surface area contributed by atoms with E-state index < -0.39 is 0 Å². The summed E-state index contributed by atoms with van der Waals surface area (Å²) < 4.78 is 5.21. The quantitative estimate of drug-likeness (QED) is 0.868. The van der Waals surface area contributed by atoms with Gasteiger partial charge in [-0.1, -0.05) is 12.1 Å². The molecule has 1 aliphatic rings. The summed E-state index contributed by atoms with van der Waals surface area (Å²) in [5, 5.41) is 3.42. The van der Waals surface area contributed by atoms with Crippen molar-refractivity contribution in [1.29, 1.82) is 0 Å². The van der Waals surface area contributed by atoms with E-state index in [1.807, 2.05) is 24.3 Å². The molecule has 0 aromatic heterocycles. The zero-order valence-electron chi connectivity index (χ0n) is 16.8. The Hall–Kier alpha value is -2.95. The average molecular weight is 362 g/mol. The van der Waals surface area contributed by atoms with Crippen LogP contribution in [-0.4, -0.2) is 30.2 Å². The Balaban J connectivity index is 2.00. The lowest BCUT2D eigenvalue weighted by Gasteiger charge is -2.21. The first-order chi connectivity index (χ1) is 12.7. The van der Waals surface area contributed by atoms with Gasteiger partial charge >= 0.3 is 0 Å². The second-order valence-corrected chi connectivity index (χ2v) is 7.70. The van der Waals surface area contributed by atoms with Crippen LogP contribution in [0.1, 0.15) is 37.5 Å². The Morgan fingerprint density at radius 2 is 1.63 bits per heavy atom. The fourth-order valence-electron chi connectivity index (χ4n) is 2.64. The summed E-state index contributed by atoms with van der Waals surface area (Å²) in [6.45, 7) is 10.5. The summed E-state index contributed by atoms with van der Waals surface area (Å²) in [5.74, 6) is 2.75. The van der Waals surface area contributed by atoms with Gasteiger partial charge in [0.15, 0.2) is 17.5 Å². The van der Waals surface area contributed by atoms with E-state index in [4.69, 9.17) is 19.7 Å². The molecular formula is C22H26N4O. The van der Waals surface area contributed by atoms with E-state index in [0.717, 1.165) is 17.0 Å². The van der Waals surface area contributed by atoms with Crippen LogP contribution in [0.3, 0.4) is 0 Å². The van der Waals surface area contributed by atoms with Gasteiger partial charge < -0.3 is 10.1 Å². The fourth-order valence-corrected chi connectivity index (χ4v) is 2.64. The van der Waals surface area contributed by atoms with Crippen LogP contribution in [0.5, 0.6) is 5.75 Å². The van der Waals surface area contributed by atoms with Crippen LogP contribution < -0.4 is 10.1 Å². The normalized spacial score (nSPS) is 15.6. The number of benzene rings is 2. The molecule has 2 aromatic rings. The lowest BCUT2D eigenvalue weighted by atomic mass is 10.1. The molecule has 0 saturated heterocycles. The van der Waals surface area contributed by atoms with Crippen molar-refractivity contribution in [3.8, 4) is 5.75 Å². The smallest absolute Gasteiger partial charge is 0.198 e. The first kappa shape index (κ1) is 18.8. The molecule has 2 aromatic carbocycles. The molecule has 0 bridgehead atoms. The maximum atomic E-state index is 5.21. The van der Waals surface area contributed by atoms with Crippen molar-refractivity contribution in [2.45, 2.75) is 40.2 Å². The Morgan fingerprint density at radius 3 is 2.22 bits per heavy atom. The molecule has 1 N–H and O–H groups in total. The highest BCUT2D eigenvalue weighted by Gasteiger charge is 2.23. The summed E-state index contributed by atoms with van der Waals surface area (Å²) in [4.78, 5) is 14.1.